The van der Waals surface area contributed by atoms with Crippen LogP contribution in [0.1, 0.15) is 5.56 Å². The molecule has 0 saturated carbocycles. The summed E-state index contributed by atoms with van der Waals surface area (Å²) in [5.74, 6) is 0.0973. The number of benzene rings is 2. The van der Waals surface area contributed by atoms with E-state index in [1.807, 2.05) is 36.4 Å². The van der Waals surface area contributed by atoms with Crippen LogP contribution in [0.3, 0.4) is 0 Å². The molecule has 26 heavy (non-hydrogen) atoms. The smallest absolute Gasteiger partial charge is 0.263 e. The molecule has 0 radical (unpaired) electrons. The highest BCUT2D eigenvalue weighted by molar-refractivity contribution is 7.92. The summed E-state index contributed by atoms with van der Waals surface area (Å²) in [6, 6.07) is 17.7. The zero-order valence-corrected chi connectivity index (χ0v) is 14.5. The SMILES string of the molecule is O=C1Cc2cc(S(=O)(=O)Nc3ccc(-c4ccccc4)cn3)ccc2N1. The van der Waals surface area contributed by atoms with Gasteiger partial charge in [-0.2, -0.15) is 0 Å². The number of rotatable bonds is 4. The van der Waals surface area contributed by atoms with Gasteiger partial charge in [0.25, 0.3) is 10.0 Å². The molecule has 2 heterocycles. The number of hydrogen-bond donors (Lipinski definition) is 2. The molecule has 0 fully saturated rings. The highest BCUT2D eigenvalue weighted by atomic mass is 32.2. The maximum atomic E-state index is 12.6. The highest BCUT2D eigenvalue weighted by Gasteiger charge is 2.22. The van der Waals surface area contributed by atoms with Crippen LogP contribution in [0, 0.1) is 0 Å². The minimum absolute atomic E-state index is 0.0988. The molecule has 2 aromatic carbocycles. The molecule has 1 aliphatic rings. The van der Waals surface area contributed by atoms with Crippen molar-refractivity contribution in [3.63, 3.8) is 0 Å². The Balaban J connectivity index is 1.57. The van der Waals surface area contributed by atoms with Crippen molar-refractivity contribution in [1.82, 2.24) is 4.98 Å². The third kappa shape index (κ3) is 3.16. The number of nitrogens with zero attached hydrogens (tertiary/aromatic N) is 1. The van der Waals surface area contributed by atoms with Gasteiger partial charge in [-0.15, -0.1) is 0 Å². The number of anilines is 2. The molecule has 1 aromatic heterocycles. The van der Waals surface area contributed by atoms with E-state index in [2.05, 4.69) is 15.0 Å². The Labute approximate surface area is 151 Å². The average Bonchev–Trinajstić information content (AvgIpc) is 3.02. The molecule has 0 aliphatic carbocycles. The lowest BCUT2D eigenvalue weighted by atomic mass is 10.1. The third-order valence-electron chi connectivity index (χ3n) is 4.12. The second-order valence-corrected chi connectivity index (χ2v) is 7.63. The van der Waals surface area contributed by atoms with Gasteiger partial charge in [-0.3, -0.25) is 9.52 Å². The number of carbonyl (C=O) groups excluding carboxylic acids is 1. The van der Waals surface area contributed by atoms with Crippen LogP contribution < -0.4 is 10.0 Å². The molecule has 0 bridgehead atoms. The van der Waals surface area contributed by atoms with Gasteiger partial charge >= 0.3 is 0 Å². The molecule has 3 aromatic rings. The largest absolute Gasteiger partial charge is 0.326 e. The van der Waals surface area contributed by atoms with Gasteiger partial charge < -0.3 is 5.32 Å². The molecule has 4 rings (SSSR count). The molecular weight excluding hydrogens is 350 g/mol. The molecular formula is C19H15N3O3S. The fourth-order valence-corrected chi connectivity index (χ4v) is 3.88. The van der Waals surface area contributed by atoms with E-state index in [1.165, 1.54) is 12.1 Å². The maximum absolute atomic E-state index is 12.6. The molecule has 1 aliphatic heterocycles. The summed E-state index contributed by atoms with van der Waals surface area (Å²) in [7, 11) is -3.78. The van der Waals surface area contributed by atoms with Crippen LogP contribution in [0.4, 0.5) is 11.5 Å². The first kappa shape index (κ1) is 16.3. The predicted molar refractivity (Wildman–Crippen MR) is 99.3 cm³/mol. The third-order valence-corrected chi connectivity index (χ3v) is 5.47. The van der Waals surface area contributed by atoms with E-state index in [9.17, 15) is 13.2 Å². The molecule has 1 amide bonds. The van der Waals surface area contributed by atoms with E-state index in [1.54, 1.807) is 18.3 Å². The van der Waals surface area contributed by atoms with Crippen molar-refractivity contribution in [2.24, 2.45) is 0 Å². The molecule has 130 valence electrons. The van der Waals surface area contributed by atoms with Crippen molar-refractivity contribution in [2.75, 3.05) is 10.0 Å². The van der Waals surface area contributed by atoms with E-state index >= 15 is 0 Å². The average molecular weight is 365 g/mol. The van der Waals surface area contributed by atoms with Gasteiger partial charge in [-0.25, -0.2) is 13.4 Å². The van der Waals surface area contributed by atoms with Gasteiger partial charge in [0, 0.05) is 17.4 Å². The van der Waals surface area contributed by atoms with Crippen molar-refractivity contribution in [1.29, 1.82) is 0 Å². The van der Waals surface area contributed by atoms with Crippen LogP contribution in [-0.2, 0) is 21.2 Å². The summed E-state index contributed by atoms with van der Waals surface area (Å²) in [4.78, 5) is 15.7. The lowest BCUT2D eigenvalue weighted by molar-refractivity contribution is -0.115. The van der Waals surface area contributed by atoms with E-state index in [4.69, 9.17) is 0 Å². The van der Waals surface area contributed by atoms with E-state index in [0.717, 1.165) is 11.1 Å². The Kier molecular flexibility index (Phi) is 3.93. The number of amides is 1. The first-order valence-electron chi connectivity index (χ1n) is 7.98. The Hall–Kier alpha value is -3.19. The van der Waals surface area contributed by atoms with Crippen molar-refractivity contribution in [3.8, 4) is 11.1 Å². The van der Waals surface area contributed by atoms with Gasteiger partial charge in [0.15, 0.2) is 0 Å². The number of carbonyl (C=O) groups is 1. The topological polar surface area (TPSA) is 88.2 Å². The van der Waals surface area contributed by atoms with Crippen LogP contribution in [-0.4, -0.2) is 19.3 Å². The van der Waals surface area contributed by atoms with E-state index in [-0.39, 0.29) is 23.0 Å². The van der Waals surface area contributed by atoms with Gasteiger partial charge in [-0.05, 0) is 41.5 Å². The van der Waals surface area contributed by atoms with E-state index in [0.29, 0.717) is 11.3 Å². The lowest BCUT2D eigenvalue weighted by Crippen LogP contribution is -2.14. The fourth-order valence-electron chi connectivity index (χ4n) is 2.83. The number of fused-ring (bicyclic) bond motifs is 1. The summed E-state index contributed by atoms with van der Waals surface area (Å²) < 4.78 is 27.6. The zero-order valence-electron chi connectivity index (χ0n) is 13.6. The number of pyridine rings is 1. The summed E-state index contributed by atoms with van der Waals surface area (Å²) in [6.07, 6.45) is 1.81. The van der Waals surface area contributed by atoms with Gasteiger partial charge in [0.2, 0.25) is 5.91 Å². The minimum Gasteiger partial charge on any atom is -0.326 e. The van der Waals surface area contributed by atoms with Crippen LogP contribution in [0.15, 0.2) is 71.8 Å². The lowest BCUT2D eigenvalue weighted by Gasteiger charge is -2.09. The molecule has 7 heteroatoms. The number of nitrogens with one attached hydrogen (secondary N) is 2. The Morgan fingerprint density at radius 1 is 0.962 bits per heavy atom. The van der Waals surface area contributed by atoms with Crippen LogP contribution >= 0.6 is 0 Å². The van der Waals surface area contributed by atoms with Crippen LogP contribution in [0.5, 0.6) is 0 Å². The number of hydrogen-bond acceptors (Lipinski definition) is 4. The Morgan fingerprint density at radius 2 is 1.77 bits per heavy atom. The van der Waals surface area contributed by atoms with Gasteiger partial charge in [-0.1, -0.05) is 30.3 Å². The van der Waals surface area contributed by atoms with Crippen molar-refractivity contribution >= 4 is 27.4 Å². The van der Waals surface area contributed by atoms with Gasteiger partial charge in [0.1, 0.15) is 5.82 Å². The minimum atomic E-state index is -3.78. The van der Waals surface area contributed by atoms with Crippen molar-refractivity contribution < 1.29 is 13.2 Å². The Morgan fingerprint density at radius 3 is 2.50 bits per heavy atom. The maximum Gasteiger partial charge on any atom is 0.263 e. The molecule has 2 N–H and O–H groups in total. The molecule has 0 atom stereocenters. The quantitative estimate of drug-likeness (QED) is 0.744. The summed E-state index contributed by atoms with van der Waals surface area (Å²) >= 11 is 0. The highest BCUT2D eigenvalue weighted by Crippen LogP contribution is 2.27. The molecule has 6 nitrogen and oxygen atoms in total. The second kappa shape index (κ2) is 6.27. The zero-order chi connectivity index (χ0) is 18.1. The van der Waals surface area contributed by atoms with E-state index < -0.39 is 10.0 Å². The first-order valence-corrected chi connectivity index (χ1v) is 9.47. The molecule has 0 saturated heterocycles. The summed E-state index contributed by atoms with van der Waals surface area (Å²) in [5.41, 5.74) is 3.23. The molecule has 0 spiro atoms. The standard InChI is InChI=1S/C19H15N3O3S/c23-19-11-15-10-16(7-8-17(15)21-19)26(24,25)22-18-9-6-14(12-20-18)13-4-2-1-3-5-13/h1-10,12H,11H2,(H,20,22)(H,21,23). The van der Waals surface area contributed by atoms with Crippen LogP contribution in [0.2, 0.25) is 0 Å². The molecule has 0 unspecified atom stereocenters. The van der Waals surface area contributed by atoms with Crippen molar-refractivity contribution in [2.45, 2.75) is 11.3 Å². The Bertz CT molecular complexity index is 1080. The first-order chi connectivity index (χ1) is 12.5. The fraction of sp³-hybridized carbons (Fsp3) is 0.0526. The number of sulfonamides is 1. The normalized spacial score (nSPS) is 13.2. The van der Waals surface area contributed by atoms with Crippen molar-refractivity contribution in [3.05, 3.63) is 72.4 Å². The summed E-state index contributed by atoms with van der Waals surface area (Å²) in [5, 5.41) is 2.68. The van der Waals surface area contributed by atoms with Crippen LogP contribution in [0.25, 0.3) is 11.1 Å². The second-order valence-electron chi connectivity index (χ2n) is 5.95. The van der Waals surface area contributed by atoms with Gasteiger partial charge in [0.05, 0.1) is 11.3 Å². The summed E-state index contributed by atoms with van der Waals surface area (Å²) in [6.45, 7) is 0. The monoisotopic (exact) mass is 365 g/mol. The number of aromatic nitrogens is 1. The predicted octanol–water partition coefficient (Wildman–Crippen LogP) is 3.04.